The predicted octanol–water partition coefficient (Wildman–Crippen LogP) is 4.54. The van der Waals surface area contributed by atoms with Crippen LogP contribution in [-0.2, 0) is 16.0 Å². The van der Waals surface area contributed by atoms with Crippen molar-refractivity contribution in [3.63, 3.8) is 0 Å². The van der Waals surface area contributed by atoms with E-state index in [-0.39, 0.29) is 13.4 Å². The van der Waals surface area contributed by atoms with Gasteiger partial charge < -0.3 is 19.0 Å². The Morgan fingerprint density at radius 2 is 2.12 bits per heavy atom. The molecule has 0 aliphatic heterocycles. The second-order valence-electron chi connectivity index (χ2n) is 5.88. The Bertz CT molecular complexity index is 921. The molecule has 1 N–H and O–H groups in total. The van der Waals surface area contributed by atoms with Crippen LogP contribution in [0.4, 0.5) is 0 Å². The lowest BCUT2D eigenvalue weighted by molar-refractivity contribution is -0.145. The number of ether oxygens (including phenoxy) is 2. The lowest BCUT2D eigenvalue weighted by atomic mass is 10.2. The number of hydrogen-bond acceptors (Lipinski definition) is 6. The van der Waals surface area contributed by atoms with E-state index >= 15 is 0 Å². The highest BCUT2D eigenvalue weighted by Gasteiger charge is 2.10. The minimum atomic E-state index is -0.485. The minimum Gasteiger partial charge on any atom is -0.457 e. The van der Waals surface area contributed by atoms with Gasteiger partial charge in [0.1, 0.15) is 17.1 Å². The molecule has 0 aliphatic carbocycles. The topological polar surface area (TPSA) is 68.9 Å². The van der Waals surface area contributed by atoms with E-state index in [1.165, 1.54) is 4.88 Å². The Morgan fingerprint density at radius 3 is 2.88 bits per heavy atom. The Labute approximate surface area is 155 Å². The average molecular weight is 372 g/mol. The molecule has 6 heteroatoms. The van der Waals surface area contributed by atoms with Crippen molar-refractivity contribution in [2.24, 2.45) is 0 Å². The van der Waals surface area contributed by atoms with E-state index in [2.05, 4.69) is 12.6 Å². The summed E-state index contributed by atoms with van der Waals surface area (Å²) < 4.78 is 16.3. The molecule has 0 spiro atoms. The molecule has 0 atom stereocenters. The van der Waals surface area contributed by atoms with Gasteiger partial charge in [0, 0.05) is 28.5 Å². The van der Waals surface area contributed by atoms with Gasteiger partial charge >= 0.3 is 5.97 Å². The molecule has 3 aromatic rings. The van der Waals surface area contributed by atoms with Crippen molar-refractivity contribution in [2.45, 2.75) is 19.8 Å². The van der Waals surface area contributed by atoms with Gasteiger partial charge in [-0.25, -0.2) is 4.79 Å². The van der Waals surface area contributed by atoms with Crippen LogP contribution in [0.5, 0.6) is 5.75 Å². The summed E-state index contributed by atoms with van der Waals surface area (Å²) in [6.07, 6.45) is 1.62. The van der Waals surface area contributed by atoms with Crippen molar-refractivity contribution in [3.8, 4) is 16.4 Å². The molecule has 1 aromatic carbocycles. The summed E-state index contributed by atoms with van der Waals surface area (Å²) in [4.78, 5) is 13.6. The molecule has 0 saturated carbocycles. The van der Waals surface area contributed by atoms with Crippen molar-refractivity contribution >= 4 is 28.3 Å². The summed E-state index contributed by atoms with van der Waals surface area (Å²) in [5, 5.41) is 9.90. The predicted molar refractivity (Wildman–Crippen MR) is 101 cm³/mol. The number of thiophene rings is 1. The van der Waals surface area contributed by atoms with Gasteiger partial charge in [-0.2, -0.15) is 0 Å². The number of aryl methyl sites for hydroxylation is 1. The number of aliphatic hydroxyl groups is 1. The van der Waals surface area contributed by atoms with Gasteiger partial charge in [0.2, 0.25) is 6.79 Å². The second kappa shape index (κ2) is 8.21. The first kappa shape index (κ1) is 18.2. The Hall–Kier alpha value is -2.57. The number of furan rings is 1. The highest BCUT2D eigenvalue weighted by atomic mass is 32.1. The van der Waals surface area contributed by atoms with Gasteiger partial charge in [-0.15, -0.1) is 11.3 Å². The number of fused-ring (bicyclic) bond motifs is 1. The van der Waals surface area contributed by atoms with Crippen molar-refractivity contribution < 1.29 is 23.8 Å². The highest BCUT2D eigenvalue weighted by Crippen LogP contribution is 2.34. The molecule has 2 heterocycles. The summed E-state index contributed by atoms with van der Waals surface area (Å²) in [5.41, 5.74) is 1.03. The number of carbonyl (C=O) groups is 1. The minimum absolute atomic E-state index is 0.177. The van der Waals surface area contributed by atoms with Gasteiger partial charge in [0.05, 0.1) is 4.88 Å². The molecule has 0 saturated heterocycles. The van der Waals surface area contributed by atoms with Gasteiger partial charge in [-0.3, -0.25) is 0 Å². The first-order valence-electron chi connectivity index (χ1n) is 8.26. The molecule has 0 bridgehead atoms. The molecule has 136 valence electrons. The van der Waals surface area contributed by atoms with Gasteiger partial charge in [0.25, 0.3) is 0 Å². The number of benzene rings is 1. The summed E-state index contributed by atoms with van der Waals surface area (Å²) in [7, 11) is 0. The van der Waals surface area contributed by atoms with Crippen LogP contribution in [0.3, 0.4) is 0 Å². The Balaban J connectivity index is 1.70. The zero-order valence-corrected chi connectivity index (χ0v) is 15.3. The Kier molecular flexibility index (Phi) is 5.75. The van der Waals surface area contributed by atoms with E-state index in [9.17, 15) is 4.79 Å². The molecule has 0 radical (unpaired) electrons. The number of esters is 1. The zero-order chi connectivity index (χ0) is 18.5. The summed E-state index contributed by atoms with van der Waals surface area (Å²) in [5.74, 6) is 0.870. The van der Waals surface area contributed by atoms with Crippen LogP contribution < -0.4 is 4.74 Å². The molecular formula is C20H20O5S. The third-order valence-electron chi connectivity index (χ3n) is 3.74. The number of hydrogen-bond donors (Lipinski definition) is 1. The maximum atomic E-state index is 11.3. The van der Waals surface area contributed by atoms with Crippen LogP contribution in [0.2, 0.25) is 0 Å². The van der Waals surface area contributed by atoms with E-state index in [1.54, 1.807) is 30.4 Å². The summed E-state index contributed by atoms with van der Waals surface area (Å²) in [6, 6.07) is 11.6. The lowest BCUT2D eigenvalue weighted by Gasteiger charge is -2.06. The maximum Gasteiger partial charge on any atom is 0.335 e. The molecule has 5 nitrogen and oxygen atoms in total. The molecule has 0 fully saturated rings. The number of aliphatic hydroxyl groups excluding tert-OH is 1. The molecular weight excluding hydrogens is 352 g/mol. The first-order chi connectivity index (χ1) is 12.6. The zero-order valence-electron chi connectivity index (χ0n) is 14.5. The summed E-state index contributed by atoms with van der Waals surface area (Å²) in [6.45, 7) is 5.12. The van der Waals surface area contributed by atoms with Crippen molar-refractivity contribution in [1.82, 2.24) is 0 Å². The fourth-order valence-electron chi connectivity index (χ4n) is 2.39. The van der Waals surface area contributed by atoms with Crippen molar-refractivity contribution in [1.29, 1.82) is 0 Å². The fourth-order valence-corrected chi connectivity index (χ4v) is 3.40. The largest absolute Gasteiger partial charge is 0.457 e. The number of rotatable bonds is 8. The Morgan fingerprint density at radius 1 is 1.27 bits per heavy atom. The van der Waals surface area contributed by atoms with Crippen molar-refractivity contribution in [2.75, 3.05) is 13.4 Å². The SMILES string of the molecule is C=C(C)C(=O)OCOc1ccc2cc(-c3ccc(CCCO)s3)oc2c1. The fraction of sp³-hybridized carbons (Fsp3) is 0.250. The van der Waals surface area contributed by atoms with Gasteiger partial charge in [-0.05, 0) is 50.1 Å². The molecule has 26 heavy (non-hydrogen) atoms. The van der Waals surface area contributed by atoms with E-state index < -0.39 is 5.97 Å². The molecule has 2 aromatic heterocycles. The molecule has 0 aliphatic rings. The quantitative estimate of drug-likeness (QED) is 0.357. The normalized spacial score (nSPS) is 10.8. The third kappa shape index (κ3) is 4.33. The van der Waals surface area contributed by atoms with Crippen molar-refractivity contribution in [3.05, 3.63) is 53.4 Å². The van der Waals surface area contributed by atoms with E-state index in [0.29, 0.717) is 16.9 Å². The maximum absolute atomic E-state index is 11.3. The standard InChI is InChI=1S/C20H20O5S/c1-13(2)20(22)24-12-23-15-6-5-14-10-18(25-17(14)11-15)19-8-7-16(26-19)4-3-9-21/h5-8,10-11,21H,1,3-4,9,12H2,2H3. The monoisotopic (exact) mass is 372 g/mol. The lowest BCUT2D eigenvalue weighted by Crippen LogP contribution is -2.10. The molecule has 0 unspecified atom stereocenters. The van der Waals surface area contributed by atoms with Crippen LogP contribution in [-0.4, -0.2) is 24.5 Å². The van der Waals surface area contributed by atoms with Crippen LogP contribution in [0.1, 0.15) is 18.2 Å². The average Bonchev–Trinajstić information content (AvgIpc) is 3.25. The smallest absolute Gasteiger partial charge is 0.335 e. The van der Waals surface area contributed by atoms with E-state index in [4.69, 9.17) is 19.0 Å². The van der Waals surface area contributed by atoms with E-state index in [1.807, 2.05) is 18.2 Å². The second-order valence-corrected chi connectivity index (χ2v) is 7.05. The van der Waals surface area contributed by atoms with Crippen LogP contribution in [0.25, 0.3) is 21.6 Å². The first-order valence-corrected chi connectivity index (χ1v) is 9.07. The molecule has 3 rings (SSSR count). The van der Waals surface area contributed by atoms with Crippen LogP contribution in [0.15, 0.2) is 53.0 Å². The van der Waals surface area contributed by atoms with Gasteiger partial charge in [0.15, 0.2) is 0 Å². The highest BCUT2D eigenvalue weighted by molar-refractivity contribution is 7.15. The van der Waals surface area contributed by atoms with Gasteiger partial charge in [-0.1, -0.05) is 6.58 Å². The summed E-state index contributed by atoms with van der Waals surface area (Å²) >= 11 is 1.66. The van der Waals surface area contributed by atoms with Crippen LogP contribution >= 0.6 is 11.3 Å². The van der Waals surface area contributed by atoms with Crippen LogP contribution in [0, 0.1) is 0 Å². The molecule has 0 amide bonds. The third-order valence-corrected chi connectivity index (χ3v) is 4.90. The van der Waals surface area contributed by atoms with E-state index in [0.717, 1.165) is 28.9 Å². The number of carbonyl (C=O) groups excluding carboxylic acids is 1.